The summed E-state index contributed by atoms with van der Waals surface area (Å²) in [5.74, 6) is 0.660. The van der Waals surface area contributed by atoms with Crippen LogP contribution in [0.5, 0.6) is 5.75 Å². The van der Waals surface area contributed by atoms with Crippen molar-refractivity contribution in [3.8, 4) is 17.1 Å². The molecule has 0 unspecified atom stereocenters. The normalized spacial score (nSPS) is 10.5. The van der Waals surface area contributed by atoms with Crippen LogP contribution in [0.3, 0.4) is 0 Å². The number of methoxy groups -OCH3 is 1. The second kappa shape index (κ2) is 7.21. The zero-order valence-corrected chi connectivity index (χ0v) is 15.5. The molecule has 1 heterocycles. The van der Waals surface area contributed by atoms with E-state index < -0.39 is 5.91 Å². The Kier molecular flexibility index (Phi) is 5.01. The molecule has 3 aromatic rings. The van der Waals surface area contributed by atoms with Gasteiger partial charge in [-0.3, -0.25) is 4.79 Å². The van der Waals surface area contributed by atoms with Crippen molar-refractivity contribution in [3.63, 3.8) is 0 Å². The molecule has 0 radical (unpaired) electrons. The molecule has 3 N–H and O–H groups in total. The summed E-state index contributed by atoms with van der Waals surface area (Å²) >= 11 is 9.62. The van der Waals surface area contributed by atoms with Gasteiger partial charge < -0.3 is 20.2 Å². The summed E-state index contributed by atoms with van der Waals surface area (Å²) in [4.78, 5) is 12.5. The lowest BCUT2D eigenvalue weighted by Gasteiger charge is -2.12. The number of nitrogen functional groups attached to an aromatic ring is 1. The Morgan fingerprint density at radius 1 is 1.24 bits per heavy atom. The number of ether oxygens (including phenoxy) is 1. The van der Waals surface area contributed by atoms with Crippen molar-refractivity contribution in [1.29, 1.82) is 0 Å². The van der Waals surface area contributed by atoms with Crippen LogP contribution in [0.4, 0.5) is 11.4 Å². The van der Waals surface area contributed by atoms with Crippen LogP contribution < -0.4 is 15.8 Å². The standard InChI is InChI=1S/C18H14BrClN2O3/c1-24-16-9-10(21)8-13(20)17(16)22-18(23)15-7-6-14(25-15)11-4-2-3-5-12(11)19/h2-9H,21H2,1H3,(H,22,23). The molecule has 2 aromatic carbocycles. The molecule has 1 amide bonds. The average molecular weight is 422 g/mol. The SMILES string of the molecule is COc1cc(N)cc(Cl)c1NC(=O)c1ccc(-c2ccccc2Br)o1. The van der Waals surface area contributed by atoms with Crippen LogP contribution in [0.15, 0.2) is 57.4 Å². The van der Waals surface area contributed by atoms with Crippen molar-refractivity contribution in [3.05, 3.63) is 63.8 Å². The number of benzene rings is 2. The maximum atomic E-state index is 12.5. The van der Waals surface area contributed by atoms with E-state index in [-0.39, 0.29) is 10.8 Å². The van der Waals surface area contributed by atoms with Gasteiger partial charge in [-0.1, -0.05) is 45.7 Å². The van der Waals surface area contributed by atoms with Crippen LogP contribution in [-0.2, 0) is 0 Å². The quantitative estimate of drug-likeness (QED) is 0.567. The topological polar surface area (TPSA) is 77.5 Å². The number of hydrogen-bond acceptors (Lipinski definition) is 4. The molecule has 5 nitrogen and oxygen atoms in total. The first kappa shape index (κ1) is 17.4. The van der Waals surface area contributed by atoms with Gasteiger partial charge in [0.25, 0.3) is 5.91 Å². The van der Waals surface area contributed by atoms with E-state index in [1.165, 1.54) is 13.2 Å². The number of nitrogens with two attached hydrogens (primary N) is 1. The number of furan rings is 1. The predicted molar refractivity (Wildman–Crippen MR) is 102 cm³/mol. The van der Waals surface area contributed by atoms with Crippen molar-refractivity contribution >= 4 is 44.8 Å². The molecule has 0 aliphatic rings. The molecule has 0 aliphatic heterocycles. The van der Waals surface area contributed by atoms with Crippen molar-refractivity contribution in [1.82, 2.24) is 0 Å². The van der Waals surface area contributed by atoms with Crippen LogP contribution in [0, 0.1) is 0 Å². The van der Waals surface area contributed by atoms with Gasteiger partial charge in [-0.05, 0) is 24.3 Å². The summed E-state index contributed by atoms with van der Waals surface area (Å²) in [6.45, 7) is 0. The lowest BCUT2D eigenvalue weighted by Crippen LogP contribution is -2.12. The highest BCUT2D eigenvalue weighted by Crippen LogP contribution is 2.36. The maximum absolute atomic E-state index is 12.5. The third kappa shape index (κ3) is 3.65. The Morgan fingerprint density at radius 3 is 2.72 bits per heavy atom. The first-order valence-electron chi connectivity index (χ1n) is 7.28. The number of nitrogens with one attached hydrogen (secondary N) is 1. The second-order valence-electron chi connectivity index (χ2n) is 5.18. The van der Waals surface area contributed by atoms with Gasteiger partial charge in [-0.25, -0.2) is 0 Å². The van der Waals surface area contributed by atoms with Crippen LogP contribution in [0.25, 0.3) is 11.3 Å². The summed E-state index contributed by atoms with van der Waals surface area (Å²) in [5.41, 5.74) is 7.35. The second-order valence-corrected chi connectivity index (χ2v) is 6.44. The highest BCUT2D eigenvalue weighted by Gasteiger charge is 2.18. The molecule has 0 bridgehead atoms. The zero-order valence-electron chi connectivity index (χ0n) is 13.2. The predicted octanol–water partition coefficient (Wildman–Crippen LogP) is 5.21. The highest BCUT2D eigenvalue weighted by molar-refractivity contribution is 9.10. The van der Waals surface area contributed by atoms with Gasteiger partial charge in [0, 0.05) is 21.8 Å². The van der Waals surface area contributed by atoms with E-state index in [1.807, 2.05) is 24.3 Å². The van der Waals surface area contributed by atoms with Gasteiger partial charge >= 0.3 is 0 Å². The monoisotopic (exact) mass is 420 g/mol. The Balaban J connectivity index is 1.88. The van der Waals surface area contributed by atoms with Gasteiger partial charge in [0.15, 0.2) is 5.76 Å². The van der Waals surface area contributed by atoms with E-state index >= 15 is 0 Å². The third-order valence-electron chi connectivity index (χ3n) is 3.50. The van der Waals surface area contributed by atoms with E-state index in [4.69, 9.17) is 26.5 Å². The largest absolute Gasteiger partial charge is 0.494 e. The molecule has 3 rings (SSSR count). The average Bonchev–Trinajstić information content (AvgIpc) is 3.07. The van der Waals surface area contributed by atoms with Crippen molar-refractivity contribution in [2.24, 2.45) is 0 Å². The summed E-state index contributed by atoms with van der Waals surface area (Å²) in [6, 6.07) is 14.0. The number of hydrogen-bond donors (Lipinski definition) is 2. The van der Waals surface area contributed by atoms with E-state index in [0.717, 1.165) is 10.0 Å². The van der Waals surface area contributed by atoms with Crippen LogP contribution in [0.1, 0.15) is 10.6 Å². The van der Waals surface area contributed by atoms with Gasteiger partial charge in [0.05, 0.1) is 12.1 Å². The Hall–Kier alpha value is -2.44. The highest BCUT2D eigenvalue weighted by atomic mass is 79.9. The smallest absolute Gasteiger partial charge is 0.291 e. The summed E-state index contributed by atoms with van der Waals surface area (Å²) in [7, 11) is 1.47. The fourth-order valence-corrected chi connectivity index (χ4v) is 3.07. The van der Waals surface area contributed by atoms with Crippen LogP contribution >= 0.6 is 27.5 Å². The lowest BCUT2D eigenvalue weighted by atomic mass is 10.2. The molecule has 0 fully saturated rings. The molecule has 0 saturated carbocycles. The number of halogens is 2. The van der Waals surface area contributed by atoms with Crippen molar-refractivity contribution in [2.75, 3.05) is 18.2 Å². The maximum Gasteiger partial charge on any atom is 0.291 e. The third-order valence-corrected chi connectivity index (χ3v) is 4.49. The minimum absolute atomic E-state index is 0.153. The van der Waals surface area contributed by atoms with Gasteiger partial charge in [-0.2, -0.15) is 0 Å². The fourth-order valence-electron chi connectivity index (χ4n) is 2.32. The zero-order chi connectivity index (χ0) is 18.0. The molecular formula is C18H14BrClN2O3. The minimum atomic E-state index is -0.441. The molecular weight excluding hydrogens is 408 g/mol. The van der Waals surface area contributed by atoms with Gasteiger partial charge in [-0.15, -0.1) is 0 Å². The lowest BCUT2D eigenvalue weighted by molar-refractivity contribution is 0.0997. The minimum Gasteiger partial charge on any atom is -0.494 e. The Bertz CT molecular complexity index is 940. The number of amides is 1. The number of anilines is 2. The van der Waals surface area contributed by atoms with Crippen molar-refractivity contribution < 1.29 is 13.9 Å². The Labute approximate surface area is 157 Å². The van der Waals surface area contributed by atoms with E-state index in [0.29, 0.717) is 22.9 Å². The molecule has 0 spiro atoms. The first-order valence-corrected chi connectivity index (χ1v) is 8.46. The molecule has 0 atom stereocenters. The van der Waals surface area contributed by atoms with E-state index in [1.54, 1.807) is 18.2 Å². The summed E-state index contributed by atoms with van der Waals surface area (Å²) in [6.07, 6.45) is 0. The number of carbonyl (C=O) groups is 1. The Morgan fingerprint density at radius 2 is 2.00 bits per heavy atom. The number of rotatable bonds is 4. The number of carbonyl (C=O) groups excluding carboxylic acids is 1. The first-order chi connectivity index (χ1) is 12.0. The van der Waals surface area contributed by atoms with Gasteiger partial charge in [0.2, 0.25) is 0 Å². The summed E-state index contributed by atoms with van der Waals surface area (Å²) in [5, 5.41) is 2.98. The molecule has 0 saturated heterocycles. The molecule has 128 valence electrons. The van der Waals surface area contributed by atoms with Gasteiger partial charge in [0.1, 0.15) is 17.2 Å². The molecule has 7 heteroatoms. The molecule has 0 aliphatic carbocycles. The van der Waals surface area contributed by atoms with Crippen LogP contribution in [0.2, 0.25) is 5.02 Å². The summed E-state index contributed by atoms with van der Waals surface area (Å²) < 4.78 is 11.8. The van der Waals surface area contributed by atoms with Crippen LogP contribution in [-0.4, -0.2) is 13.0 Å². The fraction of sp³-hybridized carbons (Fsp3) is 0.0556. The molecule has 25 heavy (non-hydrogen) atoms. The van der Waals surface area contributed by atoms with Crippen molar-refractivity contribution in [2.45, 2.75) is 0 Å². The van der Waals surface area contributed by atoms with E-state index in [2.05, 4.69) is 21.2 Å². The van der Waals surface area contributed by atoms with E-state index in [9.17, 15) is 4.79 Å². The molecule has 1 aromatic heterocycles.